The minimum Gasteiger partial charge on any atom is -0.455 e. The van der Waals surface area contributed by atoms with Crippen LogP contribution in [0.1, 0.15) is 5.56 Å². The third-order valence-electron chi connectivity index (χ3n) is 3.74. The van der Waals surface area contributed by atoms with Gasteiger partial charge in [0.05, 0.1) is 17.4 Å². The van der Waals surface area contributed by atoms with Gasteiger partial charge in [-0.2, -0.15) is 5.26 Å². The fourth-order valence-corrected chi connectivity index (χ4v) is 3.15. The number of nitrogens with one attached hydrogen (secondary N) is 1. The Hall–Kier alpha value is -3.30. The largest absolute Gasteiger partial charge is 0.455 e. The predicted octanol–water partition coefficient (Wildman–Crippen LogP) is 3.99. The predicted molar refractivity (Wildman–Crippen MR) is 105 cm³/mol. The van der Waals surface area contributed by atoms with Crippen molar-refractivity contribution in [3.05, 3.63) is 72.3 Å². The van der Waals surface area contributed by atoms with Crippen molar-refractivity contribution in [2.24, 2.45) is 0 Å². The van der Waals surface area contributed by atoms with Crippen molar-refractivity contribution in [1.29, 1.82) is 5.26 Å². The van der Waals surface area contributed by atoms with Gasteiger partial charge in [-0.05, 0) is 47.2 Å². The zero-order valence-electron chi connectivity index (χ0n) is 14.3. The molecule has 0 aliphatic rings. The summed E-state index contributed by atoms with van der Waals surface area (Å²) in [6.45, 7) is -0.350. The molecule has 0 saturated carbocycles. The number of rotatable bonds is 6. The van der Waals surface area contributed by atoms with E-state index in [-0.39, 0.29) is 12.4 Å². The van der Waals surface area contributed by atoms with Crippen LogP contribution in [0.2, 0.25) is 0 Å². The summed E-state index contributed by atoms with van der Waals surface area (Å²) < 4.78 is 5.01. The Morgan fingerprint density at radius 2 is 1.74 bits per heavy atom. The van der Waals surface area contributed by atoms with E-state index in [4.69, 9.17) is 10.00 Å². The molecule has 0 aliphatic heterocycles. The molecule has 134 valence electrons. The van der Waals surface area contributed by atoms with Crippen LogP contribution in [0.5, 0.6) is 0 Å². The van der Waals surface area contributed by atoms with Gasteiger partial charge in [0.1, 0.15) is 0 Å². The molecule has 6 heteroatoms. The van der Waals surface area contributed by atoms with Crippen LogP contribution in [0.3, 0.4) is 0 Å². The molecule has 1 N–H and O–H groups in total. The molecule has 27 heavy (non-hydrogen) atoms. The molecule has 3 rings (SSSR count). The normalized spacial score (nSPS) is 10.2. The monoisotopic (exact) mass is 376 g/mol. The Labute approximate surface area is 160 Å². The van der Waals surface area contributed by atoms with Crippen molar-refractivity contribution in [3.8, 4) is 6.07 Å². The number of fused-ring (bicyclic) bond motifs is 1. The maximum absolute atomic E-state index is 11.9. The van der Waals surface area contributed by atoms with Gasteiger partial charge in [0.2, 0.25) is 0 Å². The summed E-state index contributed by atoms with van der Waals surface area (Å²) in [5.74, 6) is -0.755. The second kappa shape index (κ2) is 8.88. The highest BCUT2D eigenvalue weighted by molar-refractivity contribution is 8.00. The molecule has 1 amide bonds. The van der Waals surface area contributed by atoms with Crippen molar-refractivity contribution in [1.82, 2.24) is 0 Å². The van der Waals surface area contributed by atoms with E-state index < -0.39 is 11.9 Å². The summed E-state index contributed by atoms with van der Waals surface area (Å²) in [7, 11) is 0. The van der Waals surface area contributed by atoms with E-state index in [1.807, 2.05) is 48.5 Å². The zero-order chi connectivity index (χ0) is 19.1. The molecule has 0 spiro atoms. The molecule has 0 heterocycles. The minimum absolute atomic E-state index is 0.127. The van der Waals surface area contributed by atoms with Crippen molar-refractivity contribution >= 4 is 40.1 Å². The maximum Gasteiger partial charge on any atom is 0.316 e. The average molecular weight is 376 g/mol. The summed E-state index contributed by atoms with van der Waals surface area (Å²) in [5.41, 5.74) is 1.05. The van der Waals surface area contributed by atoms with Gasteiger partial charge in [-0.3, -0.25) is 9.59 Å². The lowest BCUT2D eigenvalue weighted by Crippen LogP contribution is -2.21. The number of benzene rings is 3. The number of carbonyl (C=O) groups is 2. The van der Waals surface area contributed by atoms with Crippen LogP contribution in [0.25, 0.3) is 10.8 Å². The number of hydrogen-bond acceptors (Lipinski definition) is 5. The van der Waals surface area contributed by atoms with E-state index in [1.165, 1.54) is 11.8 Å². The summed E-state index contributed by atoms with van der Waals surface area (Å²) in [4.78, 5) is 24.7. The molecule has 0 radical (unpaired) electrons. The van der Waals surface area contributed by atoms with Crippen molar-refractivity contribution in [3.63, 3.8) is 0 Å². The quantitative estimate of drug-likeness (QED) is 0.520. The lowest BCUT2D eigenvalue weighted by Gasteiger charge is -2.07. The summed E-state index contributed by atoms with van der Waals surface area (Å²) in [5, 5.41) is 13.6. The first-order chi connectivity index (χ1) is 13.1. The summed E-state index contributed by atoms with van der Waals surface area (Å²) >= 11 is 1.37. The molecule has 0 aliphatic carbocycles. The molecule has 0 unspecified atom stereocenters. The smallest absolute Gasteiger partial charge is 0.316 e. The Bertz CT molecular complexity index is 1010. The van der Waals surface area contributed by atoms with Gasteiger partial charge in [-0.15, -0.1) is 11.8 Å². The number of esters is 1. The second-order valence-electron chi connectivity index (χ2n) is 5.70. The summed E-state index contributed by atoms with van der Waals surface area (Å²) in [6.07, 6.45) is 0. The molecule has 5 nitrogen and oxygen atoms in total. The van der Waals surface area contributed by atoms with Crippen molar-refractivity contribution < 1.29 is 14.3 Å². The number of ether oxygens (including phenoxy) is 1. The number of nitrogens with zero attached hydrogens (tertiary/aromatic N) is 1. The van der Waals surface area contributed by atoms with Gasteiger partial charge in [-0.1, -0.05) is 30.3 Å². The van der Waals surface area contributed by atoms with Crippen LogP contribution in [-0.2, 0) is 14.3 Å². The van der Waals surface area contributed by atoms with Gasteiger partial charge in [0.15, 0.2) is 6.61 Å². The number of amides is 1. The number of thioether (sulfide) groups is 1. The van der Waals surface area contributed by atoms with Crippen molar-refractivity contribution in [2.75, 3.05) is 17.7 Å². The highest BCUT2D eigenvalue weighted by Gasteiger charge is 2.09. The Kier molecular flexibility index (Phi) is 6.08. The maximum atomic E-state index is 11.9. The van der Waals surface area contributed by atoms with Crippen LogP contribution < -0.4 is 5.32 Å². The van der Waals surface area contributed by atoms with E-state index in [2.05, 4.69) is 5.32 Å². The van der Waals surface area contributed by atoms with Gasteiger partial charge in [0, 0.05) is 10.6 Å². The lowest BCUT2D eigenvalue weighted by atomic mass is 10.1. The Morgan fingerprint density at radius 1 is 1.00 bits per heavy atom. The summed E-state index contributed by atoms with van der Waals surface area (Å²) in [6, 6.07) is 22.4. The second-order valence-corrected chi connectivity index (χ2v) is 6.74. The molecule has 0 bridgehead atoms. The van der Waals surface area contributed by atoms with Crippen molar-refractivity contribution in [2.45, 2.75) is 4.90 Å². The number of anilines is 1. The fraction of sp³-hybridized carbons (Fsp3) is 0.0952. The molecule has 0 fully saturated rings. The standard InChI is InChI=1S/C21H16N2O3S/c22-12-15-5-8-18(9-6-15)23-20(24)13-26-21(25)14-27-19-10-7-16-3-1-2-4-17(16)11-19/h1-11H,13-14H2,(H,23,24). The van der Waals surface area contributed by atoms with E-state index in [1.54, 1.807) is 24.3 Å². The third-order valence-corrected chi connectivity index (χ3v) is 4.71. The van der Waals surface area contributed by atoms with Crippen LogP contribution in [0.15, 0.2) is 71.6 Å². The van der Waals surface area contributed by atoms with Gasteiger partial charge in [0.25, 0.3) is 5.91 Å². The molecule has 3 aromatic rings. The van der Waals surface area contributed by atoms with Crippen LogP contribution >= 0.6 is 11.8 Å². The van der Waals surface area contributed by atoms with Crippen LogP contribution in [0, 0.1) is 11.3 Å². The SMILES string of the molecule is N#Cc1ccc(NC(=O)COC(=O)CSc2ccc3ccccc3c2)cc1. The molecular weight excluding hydrogens is 360 g/mol. The number of hydrogen-bond donors (Lipinski definition) is 1. The van der Waals surface area contributed by atoms with Gasteiger partial charge < -0.3 is 10.1 Å². The van der Waals surface area contributed by atoms with E-state index in [0.717, 1.165) is 15.7 Å². The first-order valence-corrected chi connectivity index (χ1v) is 9.20. The molecule has 0 aromatic heterocycles. The average Bonchev–Trinajstić information content (AvgIpc) is 2.71. The highest BCUT2D eigenvalue weighted by Crippen LogP contribution is 2.23. The third kappa shape index (κ3) is 5.33. The first-order valence-electron chi connectivity index (χ1n) is 8.21. The van der Waals surface area contributed by atoms with E-state index in [0.29, 0.717) is 11.3 Å². The molecule has 0 saturated heterocycles. The molecule has 0 atom stereocenters. The minimum atomic E-state index is -0.455. The van der Waals surface area contributed by atoms with Crippen LogP contribution in [0.4, 0.5) is 5.69 Å². The topological polar surface area (TPSA) is 79.2 Å². The Balaban J connectivity index is 1.44. The molecule has 3 aromatic carbocycles. The Morgan fingerprint density at radius 3 is 2.48 bits per heavy atom. The van der Waals surface area contributed by atoms with E-state index >= 15 is 0 Å². The van der Waals surface area contributed by atoms with Gasteiger partial charge in [-0.25, -0.2) is 0 Å². The lowest BCUT2D eigenvalue weighted by molar-refractivity contribution is -0.144. The fourth-order valence-electron chi connectivity index (χ4n) is 2.41. The zero-order valence-corrected chi connectivity index (χ0v) is 15.2. The van der Waals surface area contributed by atoms with Gasteiger partial charge >= 0.3 is 5.97 Å². The van der Waals surface area contributed by atoms with Crippen LogP contribution in [-0.4, -0.2) is 24.2 Å². The first kappa shape index (κ1) is 18.5. The van der Waals surface area contributed by atoms with E-state index in [9.17, 15) is 9.59 Å². The highest BCUT2D eigenvalue weighted by atomic mass is 32.2. The number of carbonyl (C=O) groups excluding carboxylic acids is 2. The molecular formula is C21H16N2O3S. The number of nitriles is 1.